The molecular formula is C23H30N2O2. The second-order valence-electron chi connectivity index (χ2n) is 7.49. The molecule has 2 aromatic carbocycles. The number of fused-ring (bicyclic) bond motifs is 1. The normalized spacial score (nSPS) is 22.3. The zero-order chi connectivity index (χ0) is 18.5. The maximum absolute atomic E-state index is 6.09. The lowest BCUT2D eigenvalue weighted by molar-refractivity contribution is 0.0345. The number of benzene rings is 2. The Hall–Kier alpha value is -2.04. The van der Waals surface area contributed by atoms with Crippen LogP contribution in [0.15, 0.2) is 48.5 Å². The van der Waals surface area contributed by atoms with E-state index in [0.717, 1.165) is 44.8 Å². The summed E-state index contributed by atoms with van der Waals surface area (Å²) in [5.74, 6) is 0.915. The van der Waals surface area contributed by atoms with Crippen LogP contribution in [0.5, 0.6) is 5.75 Å². The van der Waals surface area contributed by atoms with Gasteiger partial charge in [-0.1, -0.05) is 24.3 Å². The first-order valence-electron chi connectivity index (χ1n) is 10.2. The van der Waals surface area contributed by atoms with Crippen molar-refractivity contribution in [3.05, 3.63) is 59.7 Å². The van der Waals surface area contributed by atoms with E-state index in [1.165, 1.54) is 29.7 Å². The van der Waals surface area contributed by atoms with Crippen molar-refractivity contribution in [1.29, 1.82) is 0 Å². The van der Waals surface area contributed by atoms with Gasteiger partial charge in [0.25, 0.3) is 0 Å². The van der Waals surface area contributed by atoms with Crippen LogP contribution in [0.4, 0.5) is 5.69 Å². The van der Waals surface area contributed by atoms with Crippen molar-refractivity contribution in [3.8, 4) is 5.75 Å². The van der Waals surface area contributed by atoms with Crippen LogP contribution in [-0.2, 0) is 11.2 Å². The fourth-order valence-electron chi connectivity index (χ4n) is 4.39. The van der Waals surface area contributed by atoms with Gasteiger partial charge in [0.1, 0.15) is 5.75 Å². The number of nitrogens with one attached hydrogen (secondary N) is 1. The average Bonchev–Trinajstić information content (AvgIpc) is 2.74. The molecule has 4 heteroatoms. The van der Waals surface area contributed by atoms with Gasteiger partial charge in [0.2, 0.25) is 0 Å². The first-order valence-corrected chi connectivity index (χ1v) is 10.2. The van der Waals surface area contributed by atoms with Gasteiger partial charge in [-0.15, -0.1) is 0 Å². The van der Waals surface area contributed by atoms with Gasteiger partial charge in [0, 0.05) is 31.4 Å². The topological polar surface area (TPSA) is 33.7 Å². The van der Waals surface area contributed by atoms with Crippen LogP contribution in [-0.4, -0.2) is 39.4 Å². The van der Waals surface area contributed by atoms with Gasteiger partial charge < -0.3 is 19.7 Å². The molecule has 4 nitrogen and oxygen atoms in total. The molecule has 1 N–H and O–H groups in total. The minimum absolute atomic E-state index is 0.265. The van der Waals surface area contributed by atoms with Crippen LogP contribution in [0, 0.1) is 0 Å². The maximum Gasteiger partial charge on any atom is 0.119 e. The summed E-state index contributed by atoms with van der Waals surface area (Å²) >= 11 is 0. The standard InChI is InChI=1S/C23H30N2O2/c1-26-21-11-9-19(10-12-21)25-15-14-24-17-20(25)6-4-8-23-22-7-3-2-5-18(22)13-16-27-23/h2-3,5,7,9-12,20,23-24H,4,6,8,13-17H2,1H3. The molecule has 144 valence electrons. The molecule has 0 aromatic heterocycles. The Morgan fingerprint density at radius 3 is 2.81 bits per heavy atom. The monoisotopic (exact) mass is 366 g/mol. The minimum Gasteiger partial charge on any atom is -0.497 e. The largest absolute Gasteiger partial charge is 0.497 e. The number of ether oxygens (including phenoxy) is 2. The molecule has 0 saturated carbocycles. The molecule has 2 aromatic rings. The molecule has 0 radical (unpaired) electrons. The van der Waals surface area contributed by atoms with Gasteiger partial charge in [0.05, 0.1) is 19.8 Å². The van der Waals surface area contributed by atoms with Crippen molar-refractivity contribution < 1.29 is 9.47 Å². The zero-order valence-electron chi connectivity index (χ0n) is 16.2. The van der Waals surface area contributed by atoms with Gasteiger partial charge in [-0.25, -0.2) is 0 Å². The molecule has 2 aliphatic heterocycles. The number of anilines is 1. The summed E-state index contributed by atoms with van der Waals surface area (Å²) in [5, 5.41) is 3.56. The van der Waals surface area contributed by atoms with Gasteiger partial charge in [-0.3, -0.25) is 0 Å². The van der Waals surface area contributed by atoms with Crippen molar-refractivity contribution >= 4 is 5.69 Å². The number of piperazine rings is 1. The Labute approximate surface area is 162 Å². The highest BCUT2D eigenvalue weighted by atomic mass is 16.5. The number of methoxy groups -OCH3 is 1. The number of rotatable bonds is 6. The predicted octanol–water partition coefficient (Wildman–Crippen LogP) is 3.96. The van der Waals surface area contributed by atoms with Crippen LogP contribution in [0.2, 0.25) is 0 Å². The minimum atomic E-state index is 0.265. The molecule has 2 atom stereocenters. The second kappa shape index (κ2) is 8.77. The predicted molar refractivity (Wildman–Crippen MR) is 110 cm³/mol. The summed E-state index contributed by atoms with van der Waals surface area (Å²) in [5.41, 5.74) is 4.16. The Morgan fingerprint density at radius 2 is 1.96 bits per heavy atom. The molecule has 0 bridgehead atoms. The smallest absolute Gasteiger partial charge is 0.119 e. The molecule has 1 fully saturated rings. The Kier molecular flexibility index (Phi) is 5.95. The molecule has 1 saturated heterocycles. The quantitative estimate of drug-likeness (QED) is 0.839. The summed E-state index contributed by atoms with van der Waals surface area (Å²) < 4.78 is 11.4. The van der Waals surface area contributed by atoms with Crippen LogP contribution >= 0.6 is 0 Å². The van der Waals surface area contributed by atoms with Gasteiger partial charge >= 0.3 is 0 Å². The highest BCUT2D eigenvalue weighted by molar-refractivity contribution is 5.50. The summed E-state index contributed by atoms with van der Waals surface area (Å²) in [4.78, 5) is 2.55. The number of nitrogens with zero attached hydrogens (tertiary/aromatic N) is 1. The molecule has 0 amide bonds. The van der Waals surface area contributed by atoms with E-state index in [1.54, 1.807) is 7.11 Å². The molecule has 0 spiro atoms. The molecule has 2 heterocycles. The first kappa shape index (κ1) is 18.3. The first-order chi connectivity index (χ1) is 13.3. The van der Waals surface area contributed by atoms with Gasteiger partial charge in [-0.05, 0) is 61.1 Å². The van der Waals surface area contributed by atoms with E-state index in [0.29, 0.717) is 6.04 Å². The van der Waals surface area contributed by atoms with Gasteiger partial charge in [0.15, 0.2) is 0 Å². The third kappa shape index (κ3) is 4.28. The summed E-state index contributed by atoms with van der Waals surface area (Å²) in [6, 6.07) is 17.8. The van der Waals surface area contributed by atoms with Crippen molar-refractivity contribution in [2.24, 2.45) is 0 Å². The SMILES string of the molecule is COc1ccc(N2CCNCC2CCCC2OCCc3ccccc32)cc1. The fraction of sp³-hybridized carbons (Fsp3) is 0.478. The van der Waals surface area contributed by atoms with E-state index in [-0.39, 0.29) is 6.10 Å². The van der Waals surface area contributed by atoms with Crippen LogP contribution in [0.3, 0.4) is 0 Å². The third-order valence-electron chi connectivity index (χ3n) is 5.85. The lowest BCUT2D eigenvalue weighted by Gasteiger charge is -2.38. The van der Waals surface area contributed by atoms with Crippen LogP contribution < -0.4 is 15.0 Å². The fourth-order valence-corrected chi connectivity index (χ4v) is 4.39. The van der Waals surface area contributed by atoms with Crippen molar-refractivity contribution in [2.75, 3.05) is 38.3 Å². The lowest BCUT2D eigenvalue weighted by atomic mass is 9.93. The van der Waals surface area contributed by atoms with E-state index in [9.17, 15) is 0 Å². The molecule has 0 aliphatic carbocycles. The highest BCUT2D eigenvalue weighted by Crippen LogP contribution is 2.32. The molecule has 27 heavy (non-hydrogen) atoms. The van der Waals surface area contributed by atoms with Gasteiger partial charge in [-0.2, -0.15) is 0 Å². The molecular weight excluding hydrogens is 336 g/mol. The Bertz CT molecular complexity index is 731. The van der Waals surface area contributed by atoms with E-state index < -0.39 is 0 Å². The Morgan fingerprint density at radius 1 is 1.11 bits per heavy atom. The number of hydrogen-bond donors (Lipinski definition) is 1. The van der Waals surface area contributed by atoms with Crippen molar-refractivity contribution in [1.82, 2.24) is 5.32 Å². The average molecular weight is 367 g/mol. The van der Waals surface area contributed by atoms with Crippen molar-refractivity contribution in [3.63, 3.8) is 0 Å². The van der Waals surface area contributed by atoms with E-state index in [2.05, 4.69) is 58.7 Å². The van der Waals surface area contributed by atoms with Crippen LogP contribution in [0.1, 0.15) is 36.5 Å². The van der Waals surface area contributed by atoms with E-state index in [4.69, 9.17) is 9.47 Å². The summed E-state index contributed by atoms with van der Waals surface area (Å²) in [7, 11) is 1.72. The summed E-state index contributed by atoms with van der Waals surface area (Å²) in [6.45, 7) is 4.00. The molecule has 4 rings (SSSR count). The molecule has 2 unspecified atom stereocenters. The van der Waals surface area contributed by atoms with Crippen LogP contribution in [0.25, 0.3) is 0 Å². The second-order valence-corrected chi connectivity index (χ2v) is 7.49. The van der Waals surface area contributed by atoms with E-state index in [1.807, 2.05) is 0 Å². The Balaban J connectivity index is 1.36. The third-order valence-corrected chi connectivity index (χ3v) is 5.85. The maximum atomic E-state index is 6.09. The lowest BCUT2D eigenvalue weighted by Crippen LogP contribution is -2.51. The van der Waals surface area contributed by atoms with E-state index >= 15 is 0 Å². The molecule has 2 aliphatic rings. The zero-order valence-corrected chi connectivity index (χ0v) is 16.2. The summed E-state index contributed by atoms with van der Waals surface area (Å²) in [6.07, 6.45) is 4.77. The highest BCUT2D eigenvalue weighted by Gasteiger charge is 2.24. The van der Waals surface area contributed by atoms with Crippen molar-refractivity contribution in [2.45, 2.75) is 37.8 Å². The number of hydrogen-bond acceptors (Lipinski definition) is 4.